The minimum Gasteiger partial charge on any atom is -0.324 e. The third-order valence-corrected chi connectivity index (χ3v) is 2.90. The number of imidazole rings is 1. The van der Waals surface area contributed by atoms with Crippen LogP contribution in [-0.2, 0) is 0 Å². The molecule has 0 aliphatic carbocycles. The zero-order valence-electron chi connectivity index (χ0n) is 8.16. The largest absolute Gasteiger partial charge is 0.324 e. The van der Waals surface area contributed by atoms with E-state index in [1.54, 1.807) is 0 Å². The lowest BCUT2D eigenvalue weighted by atomic mass is 10.1. The summed E-state index contributed by atoms with van der Waals surface area (Å²) in [6.45, 7) is 3.95. The van der Waals surface area contributed by atoms with Crippen LogP contribution in [0, 0.1) is 6.92 Å². The Hall–Kier alpha value is -0.870. The second-order valence-corrected chi connectivity index (χ2v) is 4.21. The van der Waals surface area contributed by atoms with Crippen molar-refractivity contribution < 1.29 is 0 Å². The molecule has 14 heavy (non-hydrogen) atoms. The first kappa shape index (κ1) is 9.68. The summed E-state index contributed by atoms with van der Waals surface area (Å²) in [6, 6.07) is 4.12. The van der Waals surface area contributed by atoms with Crippen molar-refractivity contribution in [1.29, 1.82) is 0 Å². The highest BCUT2D eigenvalue weighted by Crippen LogP contribution is 2.20. The van der Waals surface area contributed by atoms with E-state index < -0.39 is 0 Å². The van der Waals surface area contributed by atoms with Crippen LogP contribution in [0.2, 0.25) is 0 Å². The number of hydrogen-bond donors (Lipinski definition) is 1. The SMILES string of the molecule is Cc1nc(Br)c2ccc(C(C)N)cn12. The summed E-state index contributed by atoms with van der Waals surface area (Å²) in [4.78, 5) is 4.33. The van der Waals surface area contributed by atoms with Gasteiger partial charge >= 0.3 is 0 Å². The summed E-state index contributed by atoms with van der Waals surface area (Å²) in [5.74, 6) is 0.967. The van der Waals surface area contributed by atoms with Gasteiger partial charge in [0.1, 0.15) is 10.4 Å². The predicted molar refractivity (Wildman–Crippen MR) is 60.2 cm³/mol. The van der Waals surface area contributed by atoms with Crippen molar-refractivity contribution >= 4 is 21.4 Å². The Kier molecular flexibility index (Phi) is 2.33. The van der Waals surface area contributed by atoms with Crippen molar-refractivity contribution in [3.8, 4) is 0 Å². The first-order valence-corrected chi connectivity index (χ1v) is 5.28. The first-order valence-electron chi connectivity index (χ1n) is 4.49. The van der Waals surface area contributed by atoms with Gasteiger partial charge in [0.15, 0.2) is 0 Å². The summed E-state index contributed by atoms with van der Waals surface area (Å²) in [6.07, 6.45) is 2.03. The number of aromatic nitrogens is 2. The fourth-order valence-electron chi connectivity index (χ4n) is 1.48. The molecule has 0 bridgehead atoms. The average Bonchev–Trinajstić information content (AvgIpc) is 2.42. The van der Waals surface area contributed by atoms with Gasteiger partial charge < -0.3 is 10.1 Å². The van der Waals surface area contributed by atoms with E-state index in [9.17, 15) is 0 Å². The van der Waals surface area contributed by atoms with Crippen LogP contribution in [0.1, 0.15) is 24.4 Å². The fourth-order valence-corrected chi connectivity index (χ4v) is 2.06. The van der Waals surface area contributed by atoms with E-state index in [0.717, 1.165) is 21.5 Å². The molecule has 0 aromatic carbocycles. The molecule has 0 fully saturated rings. The minimum atomic E-state index is 0.0555. The van der Waals surface area contributed by atoms with Crippen LogP contribution in [0.5, 0.6) is 0 Å². The number of fused-ring (bicyclic) bond motifs is 1. The molecule has 1 unspecified atom stereocenters. The van der Waals surface area contributed by atoms with Crippen molar-refractivity contribution in [2.24, 2.45) is 5.73 Å². The Labute approximate surface area is 91.1 Å². The molecule has 2 N–H and O–H groups in total. The Bertz CT molecular complexity index is 473. The first-order chi connectivity index (χ1) is 6.59. The Morgan fingerprint density at radius 3 is 2.86 bits per heavy atom. The van der Waals surface area contributed by atoms with Crippen LogP contribution in [0.25, 0.3) is 5.52 Å². The third kappa shape index (κ3) is 1.44. The molecule has 4 heteroatoms. The molecule has 0 radical (unpaired) electrons. The van der Waals surface area contributed by atoms with Gasteiger partial charge in [-0.3, -0.25) is 0 Å². The molecular formula is C10H12BrN3. The van der Waals surface area contributed by atoms with Gasteiger partial charge in [-0.15, -0.1) is 0 Å². The smallest absolute Gasteiger partial charge is 0.132 e. The lowest BCUT2D eigenvalue weighted by molar-refractivity contribution is 0.806. The zero-order chi connectivity index (χ0) is 10.3. The molecule has 0 spiro atoms. The maximum absolute atomic E-state index is 5.82. The molecule has 2 aromatic heterocycles. The normalized spacial score (nSPS) is 13.4. The number of nitrogens with zero attached hydrogens (tertiary/aromatic N) is 2. The maximum Gasteiger partial charge on any atom is 0.132 e. The summed E-state index contributed by atoms with van der Waals surface area (Å²) in [5.41, 5.74) is 8.01. The fraction of sp³-hybridized carbons (Fsp3) is 0.300. The summed E-state index contributed by atoms with van der Waals surface area (Å²) in [7, 11) is 0. The Morgan fingerprint density at radius 1 is 1.50 bits per heavy atom. The van der Waals surface area contributed by atoms with Crippen molar-refractivity contribution in [2.45, 2.75) is 19.9 Å². The van der Waals surface area contributed by atoms with Crippen LogP contribution in [0.3, 0.4) is 0 Å². The zero-order valence-corrected chi connectivity index (χ0v) is 9.75. The number of rotatable bonds is 1. The van der Waals surface area contributed by atoms with E-state index in [4.69, 9.17) is 5.73 Å². The van der Waals surface area contributed by atoms with Gasteiger partial charge in [-0.2, -0.15) is 0 Å². The number of nitrogens with two attached hydrogens (primary N) is 1. The highest BCUT2D eigenvalue weighted by Gasteiger charge is 2.07. The third-order valence-electron chi connectivity index (χ3n) is 2.32. The van der Waals surface area contributed by atoms with Crippen molar-refractivity contribution in [2.75, 3.05) is 0 Å². The monoisotopic (exact) mass is 253 g/mol. The molecule has 2 aromatic rings. The lowest BCUT2D eigenvalue weighted by Gasteiger charge is -2.06. The van der Waals surface area contributed by atoms with Crippen LogP contribution in [0.15, 0.2) is 22.9 Å². The van der Waals surface area contributed by atoms with Crippen LogP contribution >= 0.6 is 15.9 Å². The Balaban J connectivity index is 2.71. The molecule has 1 atom stereocenters. The number of pyridine rings is 1. The Morgan fingerprint density at radius 2 is 2.21 bits per heavy atom. The topological polar surface area (TPSA) is 43.3 Å². The van der Waals surface area contributed by atoms with Gasteiger partial charge in [-0.1, -0.05) is 6.07 Å². The number of aryl methyl sites for hydroxylation is 1. The number of halogens is 1. The predicted octanol–water partition coefficient (Wildman–Crippen LogP) is 2.42. The van der Waals surface area contributed by atoms with Crippen LogP contribution in [0.4, 0.5) is 0 Å². The summed E-state index contributed by atoms with van der Waals surface area (Å²) >= 11 is 3.42. The molecular weight excluding hydrogens is 242 g/mol. The van der Waals surface area contributed by atoms with Crippen molar-refractivity contribution in [3.05, 3.63) is 34.3 Å². The van der Waals surface area contributed by atoms with Crippen LogP contribution in [-0.4, -0.2) is 9.38 Å². The van der Waals surface area contributed by atoms with Crippen molar-refractivity contribution in [3.63, 3.8) is 0 Å². The van der Waals surface area contributed by atoms with E-state index in [1.807, 2.05) is 36.6 Å². The van der Waals surface area contributed by atoms with Gasteiger partial charge in [0, 0.05) is 12.2 Å². The van der Waals surface area contributed by atoms with E-state index in [-0.39, 0.29) is 6.04 Å². The molecule has 0 aliphatic heterocycles. The lowest BCUT2D eigenvalue weighted by Crippen LogP contribution is -2.06. The summed E-state index contributed by atoms with van der Waals surface area (Å²) < 4.78 is 2.93. The molecule has 0 saturated heterocycles. The van der Waals surface area contributed by atoms with E-state index in [1.165, 1.54) is 0 Å². The molecule has 0 saturated carbocycles. The van der Waals surface area contributed by atoms with Gasteiger partial charge in [0.25, 0.3) is 0 Å². The van der Waals surface area contributed by atoms with Gasteiger partial charge in [-0.25, -0.2) is 4.98 Å². The average molecular weight is 254 g/mol. The highest BCUT2D eigenvalue weighted by atomic mass is 79.9. The second-order valence-electron chi connectivity index (χ2n) is 3.46. The van der Waals surface area contributed by atoms with Crippen molar-refractivity contribution in [1.82, 2.24) is 9.38 Å². The summed E-state index contributed by atoms with van der Waals surface area (Å²) in [5, 5.41) is 0. The van der Waals surface area contributed by atoms with Gasteiger partial charge in [0.2, 0.25) is 0 Å². The number of hydrogen-bond acceptors (Lipinski definition) is 2. The van der Waals surface area contributed by atoms with Crippen LogP contribution < -0.4 is 5.73 Å². The highest BCUT2D eigenvalue weighted by molar-refractivity contribution is 9.10. The molecule has 2 heterocycles. The maximum atomic E-state index is 5.82. The molecule has 2 rings (SSSR count). The standard InChI is InChI=1S/C10H12BrN3/c1-6(12)8-3-4-9-10(11)13-7(2)14(9)5-8/h3-6H,12H2,1-2H3. The van der Waals surface area contributed by atoms with E-state index >= 15 is 0 Å². The second kappa shape index (κ2) is 3.37. The molecule has 0 amide bonds. The minimum absolute atomic E-state index is 0.0555. The van der Waals surface area contributed by atoms with Gasteiger partial charge in [0.05, 0.1) is 5.52 Å². The molecule has 3 nitrogen and oxygen atoms in total. The van der Waals surface area contributed by atoms with Gasteiger partial charge in [-0.05, 0) is 41.4 Å². The molecule has 0 aliphatic rings. The van der Waals surface area contributed by atoms with E-state index in [0.29, 0.717) is 0 Å². The van der Waals surface area contributed by atoms with E-state index in [2.05, 4.69) is 20.9 Å². The quantitative estimate of drug-likeness (QED) is 0.849. The molecule has 74 valence electrons.